The van der Waals surface area contributed by atoms with E-state index in [0.717, 1.165) is 35.7 Å². The lowest BCUT2D eigenvalue weighted by Crippen LogP contribution is -2.43. The van der Waals surface area contributed by atoms with Gasteiger partial charge in [0.15, 0.2) is 0 Å². The van der Waals surface area contributed by atoms with Gasteiger partial charge in [0.2, 0.25) is 5.91 Å². The van der Waals surface area contributed by atoms with Gasteiger partial charge in [0.1, 0.15) is 6.42 Å². The molecule has 1 saturated carbocycles. The Hall–Kier alpha value is -1.34. The highest BCUT2D eigenvalue weighted by molar-refractivity contribution is 9.10. The van der Waals surface area contributed by atoms with E-state index in [1.165, 1.54) is 0 Å². The highest BCUT2D eigenvalue weighted by Gasteiger charge is 2.36. The fourth-order valence-corrected chi connectivity index (χ4v) is 2.88. The van der Waals surface area contributed by atoms with Crippen LogP contribution in [0.25, 0.3) is 0 Å². The fraction of sp³-hybridized carbons (Fsp3) is 0.429. The Morgan fingerprint density at radius 1 is 1.33 bits per heavy atom. The smallest absolute Gasteiger partial charge is 0.234 e. The number of halogens is 1. The largest absolute Gasteiger partial charge is 0.346 e. The summed E-state index contributed by atoms with van der Waals surface area (Å²) >= 11 is 3.42. The summed E-state index contributed by atoms with van der Waals surface area (Å²) in [5.41, 5.74) is 0.865. The molecule has 4 heteroatoms. The molecular weight excluding hydrogens is 292 g/mol. The molecule has 0 heterocycles. The van der Waals surface area contributed by atoms with E-state index in [2.05, 4.69) is 21.2 Å². The first-order valence-electron chi connectivity index (χ1n) is 6.10. The molecule has 0 aliphatic heterocycles. The third kappa shape index (κ3) is 2.73. The molecule has 1 amide bonds. The highest BCUT2D eigenvalue weighted by Crippen LogP contribution is 2.39. The van der Waals surface area contributed by atoms with Gasteiger partial charge in [0.05, 0.1) is 11.6 Å². The zero-order chi connectivity index (χ0) is 13.0. The maximum atomic E-state index is 11.7. The minimum Gasteiger partial charge on any atom is -0.346 e. The molecule has 1 aromatic carbocycles. The van der Waals surface area contributed by atoms with Crippen LogP contribution in [-0.2, 0) is 10.3 Å². The van der Waals surface area contributed by atoms with Gasteiger partial charge in [0, 0.05) is 4.47 Å². The maximum absolute atomic E-state index is 11.7. The third-order valence-corrected chi connectivity index (χ3v) is 4.00. The number of benzene rings is 1. The average molecular weight is 307 g/mol. The molecule has 94 valence electrons. The minimum absolute atomic E-state index is 0.0712. The van der Waals surface area contributed by atoms with Crippen molar-refractivity contribution in [3.05, 3.63) is 34.3 Å². The van der Waals surface area contributed by atoms with Crippen molar-refractivity contribution >= 4 is 21.8 Å². The second-order valence-corrected chi connectivity index (χ2v) is 5.59. The lowest BCUT2D eigenvalue weighted by Gasteiger charge is -2.30. The predicted octanol–water partition coefficient (Wildman–Crippen LogP) is 3.25. The number of hydrogen-bond donors (Lipinski definition) is 1. The highest BCUT2D eigenvalue weighted by atomic mass is 79.9. The molecule has 0 radical (unpaired) electrons. The van der Waals surface area contributed by atoms with E-state index in [-0.39, 0.29) is 17.9 Å². The van der Waals surface area contributed by atoms with E-state index in [0.29, 0.717) is 0 Å². The van der Waals surface area contributed by atoms with E-state index in [1.54, 1.807) is 0 Å². The van der Waals surface area contributed by atoms with Crippen LogP contribution in [0.15, 0.2) is 28.7 Å². The molecule has 1 fully saturated rings. The first kappa shape index (κ1) is 13.1. The molecule has 1 N–H and O–H groups in total. The van der Waals surface area contributed by atoms with Gasteiger partial charge in [-0.1, -0.05) is 40.9 Å². The first-order valence-corrected chi connectivity index (χ1v) is 6.90. The summed E-state index contributed by atoms with van der Waals surface area (Å²) in [5.74, 6) is -0.178. The van der Waals surface area contributed by atoms with Crippen LogP contribution in [0, 0.1) is 11.3 Å². The molecule has 2 rings (SSSR count). The van der Waals surface area contributed by atoms with E-state index >= 15 is 0 Å². The maximum Gasteiger partial charge on any atom is 0.234 e. The quantitative estimate of drug-likeness (QED) is 0.932. The lowest BCUT2D eigenvalue weighted by molar-refractivity contribution is -0.122. The van der Waals surface area contributed by atoms with Gasteiger partial charge in [-0.05, 0) is 30.5 Å². The van der Waals surface area contributed by atoms with Crippen molar-refractivity contribution < 1.29 is 4.79 Å². The Morgan fingerprint density at radius 3 is 2.50 bits per heavy atom. The van der Waals surface area contributed by atoms with Crippen LogP contribution in [-0.4, -0.2) is 5.91 Å². The van der Waals surface area contributed by atoms with Crippen molar-refractivity contribution in [1.29, 1.82) is 5.26 Å². The second-order valence-electron chi connectivity index (χ2n) is 4.68. The van der Waals surface area contributed by atoms with E-state index in [4.69, 9.17) is 5.26 Å². The van der Waals surface area contributed by atoms with E-state index < -0.39 is 0 Å². The number of hydrogen-bond acceptors (Lipinski definition) is 2. The predicted molar refractivity (Wildman–Crippen MR) is 72.7 cm³/mol. The Balaban J connectivity index is 2.24. The van der Waals surface area contributed by atoms with Gasteiger partial charge in [-0.25, -0.2) is 0 Å². The van der Waals surface area contributed by atoms with Crippen LogP contribution >= 0.6 is 15.9 Å². The standard InChI is InChI=1S/C14H15BrN2O/c15-12-5-3-11(4-6-12)14(8-1-2-9-14)17-13(18)7-10-16/h3-6H,1-2,7-9H2,(H,17,18). The normalized spacial score (nSPS) is 17.1. The number of nitrogens with one attached hydrogen (secondary N) is 1. The number of carbonyl (C=O) groups is 1. The molecule has 0 atom stereocenters. The van der Waals surface area contributed by atoms with Crippen molar-refractivity contribution in [2.75, 3.05) is 0 Å². The summed E-state index contributed by atoms with van der Waals surface area (Å²) < 4.78 is 1.03. The van der Waals surface area contributed by atoms with Crippen molar-refractivity contribution in [3.8, 4) is 6.07 Å². The molecule has 0 aromatic heterocycles. The lowest BCUT2D eigenvalue weighted by atomic mass is 9.88. The molecule has 0 spiro atoms. The average Bonchev–Trinajstić information content (AvgIpc) is 2.79. The monoisotopic (exact) mass is 306 g/mol. The van der Waals surface area contributed by atoms with E-state index in [9.17, 15) is 4.79 Å². The molecule has 18 heavy (non-hydrogen) atoms. The molecule has 1 aliphatic carbocycles. The second kappa shape index (κ2) is 5.53. The summed E-state index contributed by atoms with van der Waals surface area (Å²) in [6.45, 7) is 0. The molecule has 1 aromatic rings. The molecule has 0 saturated heterocycles. The molecule has 0 unspecified atom stereocenters. The zero-order valence-corrected chi connectivity index (χ0v) is 11.7. The Labute approximate surface area is 115 Å². The Bertz CT molecular complexity index is 470. The first-order chi connectivity index (χ1) is 8.66. The summed E-state index contributed by atoms with van der Waals surface area (Å²) in [6.07, 6.45) is 4.06. The molecule has 1 aliphatic rings. The van der Waals surface area contributed by atoms with Crippen LogP contribution in [0.5, 0.6) is 0 Å². The summed E-state index contributed by atoms with van der Waals surface area (Å²) in [7, 11) is 0. The van der Waals surface area contributed by atoms with Gasteiger partial charge in [-0.2, -0.15) is 5.26 Å². The summed E-state index contributed by atoms with van der Waals surface area (Å²) in [4.78, 5) is 11.7. The Kier molecular flexibility index (Phi) is 4.03. The van der Waals surface area contributed by atoms with E-state index in [1.807, 2.05) is 30.3 Å². The molecule has 3 nitrogen and oxygen atoms in total. The third-order valence-electron chi connectivity index (χ3n) is 3.47. The van der Waals surface area contributed by atoms with Crippen LogP contribution in [0.4, 0.5) is 0 Å². The van der Waals surface area contributed by atoms with Gasteiger partial charge in [0.25, 0.3) is 0 Å². The van der Waals surface area contributed by atoms with Crippen LogP contribution in [0.1, 0.15) is 37.7 Å². The Morgan fingerprint density at radius 2 is 1.94 bits per heavy atom. The number of carbonyl (C=O) groups excluding carboxylic acids is 1. The number of amides is 1. The van der Waals surface area contributed by atoms with Crippen molar-refractivity contribution in [1.82, 2.24) is 5.32 Å². The van der Waals surface area contributed by atoms with Gasteiger partial charge >= 0.3 is 0 Å². The van der Waals surface area contributed by atoms with Crippen LogP contribution in [0.3, 0.4) is 0 Å². The van der Waals surface area contributed by atoms with Crippen molar-refractivity contribution in [2.45, 2.75) is 37.6 Å². The zero-order valence-electron chi connectivity index (χ0n) is 10.1. The fourth-order valence-electron chi connectivity index (χ4n) is 2.62. The topological polar surface area (TPSA) is 52.9 Å². The summed E-state index contributed by atoms with van der Waals surface area (Å²) in [6, 6.07) is 9.97. The van der Waals surface area contributed by atoms with Crippen LogP contribution < -0.4 is 5.32 Å². The number of nitriles is 1. The summed E-state index contributed by atoms with van der Waals surface area (Å²) in [5, 5.41) is 11.6. The van der Waals surface area contributed by atoms with Crippen molar-refractivity contribution in [3.63, 3.8) is 0 Å². The number of nitrogens with zero attached hydrogens (tertiary/aromatic N) is 1. The SMILES string of the molecule is N#CCC(=O)NC1(c2ccc(Br)cc2)CCCC1. The molecule has 0 bridgehead atoms. The van der Waals surface area contributed by atoms with Gasteiger partial charge < -0.3 is 5.32 Å². The minimum atomic E-state index is -0.269. The van der Waals surface area contributed by atoms with Gasteiger partial charge in [-0.15, -0.1) is 0 Å². The molecular formula is C14H15BrN2O. The van der Waals surface area contributed by atoms with Gasteiger partial charge in [-0.3, -0.25) is 4.79 Å². The van der Waals surface area contributed by atoms with Crippen LogP contribution in [0.2, 0.25) is 0 Å². The van der Waals surface area contributed by atoms with Crippen molar-refractivity contribution in [2.24, 2.45) is 0 Å². The number of rotatable bonds is 3.